The number of H-pyrrole nitrogens is 1. The van der Waals surface area contributed by atoms with Crippen molar-refractivity contribution in [1.82, 2.24) is 10.2 Å². The fraction of sp³-hybridized carbons (Fsp3) is 0.286. The van der Waals surface area contributed by atoms with Gasteiger partial charge in [0.15, 0.2) is 5.69 Å². The van der Waals surface area contributed by atoms with Crippen LogP contribution in [0.3, 0.4) is 0 Å². The number of nitrogens with one attached hydrogen (secondary N) is 1. The topological polar surface area (TPSA) is 66.0 Å². The number of aryl methyl sites for hydroxylation is 1. The number of rotatable bonds is 2. The van der Waals surface area contributed by atoms with Crippen molar-refractivity contribution in [3.63, 3.8) is 0 Å². The normalized spacial score (nSPS) is 17.8. The Bertz CT molecular complexity index is 662. The van der Waals surface area contributed by atoms with Gasteiger partial charge in [0.1, 0.15) is 11.6 Å². The van der Waals surface area contributed by atoms with Crippen molar-refractivity contribution >= 4 is 5.97 Å². The van der Waals surface area contributed by atoms with Gasteiger partial charge in [0, 0.05) is 16.8 Å². The zero-order valence-corrected chi connectivity index (χ0v) is 10.5. The number of carboxylic acid groups (broad SMARTS) is 1. The SMILES string of the molecule is O=C(O)c1n[nH]c2c1CC(c1c(F)cccc1F)CC2. The highest BCUT2D eigenvalue weighted by molar-refractivity contribution is 5.87. The summed E-state index contributed by atoms with van der Waals surface area (Å²) in [5.74, 6) is -2.66. The summed E-state index contributed by atoms with van der Waals surface area (Å²) in [6, 6.07) is 3.77. The molecule has 104 valence electrons. The van der Waals surface area contributed by atoms with Gasteiger partial charge in [-0.1, -0.05) is 6.07 Å². The number of benzene rings is 1. The molecule has 0 fully saturated rings. The molecular weight excluding hydrogens is 266 g/mol. The number of aromatic carboxylic acids is 1. The first-order valence-corrected chi connectivity index (χ1v) is 6.31. The Morgan fingerprint density at radius 3 is 2.70 bits per heavy atom. The molecule has 0 bridgehead atoms. The minimum Gasteiger partial charge on any atom is -0.476 e. The van der Waals surface area contributed by atoms with Crippen LogP contribution in [0, 0.1) is 11.6 Å². The van der Waals surface area contributed by atoms with Gasteiger partial charge in [-0.3, -0.25) is 5.10 Å². The maximum atomic E-state index is 13.8. The Morgan fingerprint density at radius 2 is 2.05 bits per heavy atom. The number of nitrogens with zero attached hydrogens (tertiary/aromatic N) is 1. The van der Waals surface area contributed by atoms with Crippen LogP contribution in [-0.4, -0.2) is 21.3 Å². The molecule has 1 aliphatic rings. The number of fused-ring (bicyclic) bond motifs is 1. The molecule has 1 atom stereocenters. The lowest BCUT2D eigenvalue weighted by atomic mass is 9.81. The van der Waals surface area contributed by atoms with Crippen LogP contribution in [0.5, 0.6) is 0 Å². The van der Waals surface area contributed by atoms with E-state index in [1.165, 1.54) is 18.2 Å². The van der Waals surface area contributed by atoms with Crippen LogP contribution in [0.2, 0.25) is 0 Å². The summed E-state index contributed by atoms with van der Waals surface area (Å²) < 4.78 is 27.6. The first kappa shape index (κ1) is 12.8. The number of hydrogen-bond donors (Lipinski definition) is 2. The van der Waals surface area contributed by atoms with E-state index in [1.54, 1.807) is 0 Å². The molecule has 3 rings (SSSR count). The van der Waals surface area contributed by atoms with Gasteiger partial charge in [0.05, 0.1) is 0 Å². The number of carboxylic acids is 1. The lowest BCUT2D eigenvalue weighted by Crippen LogP contribution is -2.16. The third-order valence-corrected chi connectivity index (χ3v) is 3.76. The second-order valence-corrected chi connectivity index (χ2v) is 4.91. The molecule has 0 saturated carbocycles. The van der Waals surface area contributed by atoms with Gasteiger partial charge >= 0.3 is 5.97 Å². The molecule has 1 unspecified atom stereocenters. The summed E-state index contributed by atoms with van der Waals surface area (Å²) in [6.45, 7) is 0. The standard InChI is InChI=1S/C14H12F2N2O2/c15-9-2-1-3-10(16)12(9)7-4-5-11-8(6-7)13(14(19)20)18-17-11/h1-3,7H,4-6H2,(H,17,18)(H,19,20). The van der Waals surface area contributed by atoms with E-state index in [2.05, 4.69) is 10.2 Å². The van der Waals surface area contributed by atoms with Crippen LogP contribution in [0.4, 0.5) is 8.78 Å². The molecule has 0 saturated heterocycles. The van der Waals surface area contributed by atoms with Crippen LogP contribution in [0.15, 0.2) is 18.2 Å². The highest BCUT2D eigenvalue weighted by atomic mass is 19.1. The van der Waals surface area contributed by atoms with Crippen LogP contribution in [-0.2, 0) is 12.8 Å². The van der Waals surface area contributed by atoms with Crippen molar-refractivity contribution in [2.24, 2.45) is 0 Å². The van der Waals surface area contributed by atoms with Gasteiger partial charge in [-0.05, 0) is 37.3 Å². The molecule has 1 aromatic carbocycles. The van der Waals surface area contributed by atoms with E-state index in [0.29, 0.717) is 18.4 Å². The van der Waals surface area contributed by atoms with E-state index >= 15 is 0 Å². The van der Waals surface area contributed by atoms with Crippen LogP contribution in [0.25, 0.3) is 0 Å². The smallest absolute Gasteiger partial charge is 0.356 e. The summed E-state index contributed by atoms with van der Waals surface area (Å²) in [4.78, 5) is 11.1. The lowest BCUT2D eigenvalue weighted by molar-refractivity contribution is 0.0689. The van der Waals surface area contributed by atoms with E-state index < -0.39 is 17.6 Å². The molecule has 2 aromatic rings. The summed E-state index contributed by atoms with van der Waals surface area (Å²) in [6.07, 6.45) is 1.38. The Kier molecular flexibility index (Phi) is 3.00. The molecular formula is C14H12F2N2O2. The average molecular weight is 278 g/mol. The average Bonchev–Trinajstić information content (AvgIpc) is 2.81. The maximum absolute atomic E-state index is 13.8. The fourth-order valence-corrected chi connectivity index (χ4v) is 2.82. The zero-order chi connectivity index (χ0) is 14.3. The Labute approximate surface area is 113 Å². The highest BCUT2D eigenvalue weighted by Crippen LogP contribution is 2.35. The molecule has 1 heterocycles. The predicted molar refractivity (Wildman–Crippen MR) is 66.7 cm³/mol. The van der Waals surface area contributed by atoms with Gasteiger partial charge in [-0.25, -0.2) is 13.6 Å². The maximum Gasteiger partial charge on any atom is 0.356 e. The molecule has 1 aliphatic carbocycles. The molecule has 6 heteroatoms. The van der Waals surface area contributed by atoms with E-state index in [9.17, 15) is 13.6 Å². The zero-order valence-electron chi connectivity index (χ0n) is 10.5. The third-order valence-electron chi connectivity index (χ3n) is 3.76. The van der Waals surface area contributed by atoms with E-state index in [-0.39, 0.29) is 23.6 Å². The molecule has 2 N–H and O–H groups in total. The summed E-state index contributed by atoms with van der Waals surface area (Å²) in [7, 11) is 0. The number of carbonyl (C=O) groups is 1. The highest BCUT2D eigenvalue weighted by Gasteiger charge is 2.30. The molecule has 1 aromatic heterocycles. The molecule has 0 amide bonds. The first-order valence-electron chi connectivity index (χ1n) is 6.31. The van der Waals surface area contributed by atoms with E-state index in [0.717, 1.165) is 5.69 Å². The van der Waals surface area contributed by atoms with E-state index in [4.69, 9.17) is 5.11 Å². The van der Waals surface area contributed by atoms with Crippen molar-refractivity contribution < 1.29 is 18.7 Å². The molecule has 0 radical (unpaired) electrons. The lowest BCUT2D eigenvalue weighted by Gasteiger charge is -2.23. The number of halogens is 2. The van der Waals surface area contributed by atoms with Gasteiger partial charge in [0.25, 0.3) is 0 Å². The first-order chi connectivity index (χ1) is 9.58. The van der Waals surface area contributed by atoms with Gasteiger partial charge < -0.3 is 5.11 Å². The molecule has 20 heavy (non-hydrogen) atoms. The summed E-state index contributed by atoms with van der Waals surface area (Å²) in [5.41, 5.74) is 1.28. The molecule has 0 aliphatic heterocycles. The van der Waals surface area contributed by atoms with Crippen molar-refractivity contribution in [2.45, 2.75) is 25.2 Å². The predicted octanol–water partition coefficient (Wildman–Crippen LogP) is 2.66. The van der Waals surface area contributed by atoms with Crippen molar-refractivity contribution in [2.75, 3.05) is 0 Å². The second kappa shape index (κ2) is 4.70. The number of aromatic amines is 1. The van der Waals surface area contributed by atoms with Gasteiger partial charge in [0.2, 0.25) is 0 Å². The largest absolute Gasteiger partial charge is 0.476 e. The fourth-order valence-electron chi connectivity index (χ4n) is 2.82. The molecule has 0 spiro atoms. The van der Waals surface area contributed by atoms with Crippen LogP contribution >= 0.6 is 0 Å². The Morgan fingerprint density at radius 1 is 1.35 bits per heavy atom. The molecule has 4 nitrogen and oxygen atoms in total. The van der Waals surface area contributed by atoms with Crippen molar-refractivity contribution in [3.8, 4) is 0 Å². The Balaban J connectivity index is 2.00. The Hall–Kier alpha value is -2.24. The number of hydrogen-bond acceptors (Lipinski definition) is 2. The second-order valence-electron chi connectivity index (χ2n) is 4.91. The summed E-state index contributed by atoms with van der Waals surface area (Å²) in [5, 5.41) is 15.5. The number of aromatic nitrogens is 2. The minimum atomic E-state index is -1.13. The monoisotopic (exact) mass is 278 g/mol. The van der Waals surface area contributed by atoms with Crippen LogP contribution < -0.4 is 0 Å². The van der Waals surface area contributed by atoms with Crippen molar-refractivity contribution in [3.05, 3.63) is 52.3 Å². The third kappa shape index (κ3) is 1.97. The van der Waals surface area contributed by atoms with E-state index in [1.807, 2.05) is 0 Å². The van der Waals surface area contributed by atoms with Gasteiger partial charge in [-0.15, -0.1) is 0 Å². The minimum absolute atomic E-state index is 0.0377. The quantitative estimate of drug-likeness (QED) is 0.887. The van der Waals surface area contributed by atoms with Gasteiger partial charge in [-0.2, -0.15) is 5.10 Å². The summed E-state index contributed by atoms with van der Waals surface area (Å²) >= 11 is 0. The van der Waals surface area contributed by atoms with Crippen molar-refractivity contribution in [1.29, 1.82) is 0 Å². The van der Waals surface area contributed by atoms with Crippen LogP contribution in [0.1, 0.15) is 39.6 Å².